The molecular weight excluding hydrogens is 210 g/mol. The second-order valence-corrected chi connectivity index (χ2v) is 5.57. The maximum atomic E-state index is 5.93. The van der Waals surface area contributed by atoms with Gasteiger partial charge < -0.3 is 10.2 Å². The average molecular weight is 229 g/mol. The van der Waals surface area contributed by atoms with E-state index >= 15 is 0 Å². The summed E-state index contributed by atoms with van der Waals surface area (Å²) in [5.74, 6) is 2.21. The predicted octanol–water partition coefficient (Wildman–Crippen LogP) is 2.12. The van der Waals surface area contributed by atoms with Gasteiger partial charge in [-0.2, -0.15) is 11.8 Å². The van der Waals surface area contributed by atoms with Gasteiger partial charge in [-0.15, -0.1) is 10.2 Å². The first-order valence-electron chi connectivity index (χ1n) is 5.03. The zero-order chi connectivity index (χ0) is 11.5. The van der Waals surface area contributed by atoms with Crippen LogP contribution < -0.4 is 5.73 Å². The summed E-state index contributed by atoms with van der Waals surface area (Å²) in [6.07, 6.45) is 2.92. The van der Waals surface area contributed by atoms with E-state index in [0.29, 0.717) is 11.8 Å². The third kappa shape index (κ3) is 3.50. The van der Waals surface area contributed by atoms with Crippen LogP contribution in [0, 0.1) is 0 Å². The summed E-state index contributed by atoms with van der Waals surface area (Å²) >= 11 is 1.77. The number of thioether (sulfide) groups is 1. The summed E-state index contributed by atoms with van der Waals surface area (Å²) in [5, 5.41) is 8.00. The molecule has 15 heavy (non-hydrogen) atoms. The molecule has 0 saturated carbocycles. The Kier molecular flexibility index (Phi) is 4.16. The van der Waals surface area contributed by atoms with Crippen molar-refractivity contribution in [3.05, 3.63) is 11.8 Å². The first-order valence-corrected chi connectivity index (χ1v) is 6.43. The summed E-state index contributed by atoms with van der Waals surface area (Å²) in [4.78, 5) is 0. The first-order chi connectivity index (χ1) is 6.95. The maximum Gasteiger partial charge on any atom is 0.233 e. The topological polar surface area (TPSA) is 64.9 Å². The Labute approximate surface area is 95.0 Å². The van der Waals surface area contributed by atoms with Crippen molar-refractivity contribution < 1.29 is 4.42 Å². The normalized spacial score (nSPS) is 14.2. The van der Waals surface area contributed by atoms with E-state index in [9.17, 15) is 0 Å². The van der Waals surface area contributed by atoms with Crippen LogP contribution in [0.5, 0.6) is 0 Å². The molecule has 0 fully saturated rings. The number of nitrogens with two attached hydrogens (primary N) is 1. The van der Waals surface area contributed by atoms with Crippen LogP contribution in [-0.4, -0.2) is 22.2 Å². The van der Waals surface area contributed by atoms with Gasteiger partial charge in [0, 0.05) is 5.41 Å². The molecule has 0 aliphatic carbocycles. The SMILES string of the molecule is CSCC[C@@H](N)c1nnc(C(C)(C)C)o1. The molecular formula is C10H19N3OS. The molecule has 0 unspecified atom stereocenters. The summed E-state index contributed by atoms with van der Waals surface area (Å²) in [7, 11) is 0. The molecule has 1 rings (SSSR count). The minimum atomic E-state index is -0.138. The summed E-state index contributed by atoms with van der Waals surface area (Å²) < 4.78 is 5.55. The Bertz CT molecular complexity index is 306. The van der Waals surface area contributed by atoms with Crippen molar-refractivity contribution in [2.75, 3.05) is 12.0 Å². The third-order valence-corrected chi connectivity index (χ3v) is 2.68. The molecule has 1 aromatic heterocycles. The van der Waals surface area contributed by atoms with Gasteiger partial charge in [0.1, 0.15) is 0 Å². The highest BCUT2D eigenvalue weighted by Crippen LogP contribution is 2.23. The Morgan fingerprint density at radius 2 is 2.07 bits per heavy atom. The van der Waals surface area contributed by atoms with E-state index in [0.717, 1.165) is 12.2 Å². The smallest absolute Gasteiger partial charge is 0.233 e. The predicted molar refractivity (Wildman–Crippen MR) is 62.9 cm³/mol. The van der Waals surface area contributed by atoms with Gasteiger partial charge in [0.05, 0.1) is 6.04 Å². The number of aromatic nitrogens is 2. The van der Waals surface area contributed by atoms with Crippen LogP contribution in [0.25, 0.3) is 0 Å². The van der Waals surface area contributed by atoms with E-state index in [2.05, 4.69) is 16.5 Å². The van der Waals surface area contributed by atoms with Gasteiger partial charge in [0.25, 0.3) is 0 Å². The van der Waals surface area contributed by atoms with Crippen LogP contribution in [0.3, 0.4) is 0 Å². The van der Waals surface area contributed by atoms with Crippen LogP contribution in [-0.2, 0) is 5.41 Å². The molecule has 1 aromatic rings. The summed E-state index contributed by atoms with van der Waals surface area (Å²) in [5.41, 5.74) is 5.82. The Hall–Kier alpha value is -0.550. The van der Waals surface area contributed by atoms with Crippen molar-refractivity contribution >= 4 is 11.8 Å². The van der Waals surface area contributed by atoms with Crippen LogP contribution in [0.1, 0.15) is 45.0 Å². The van der Waals surface area contributed by atoms with Crippen LogP contribution in [0.15, 0.2) is 4.42 Å². The number of nitrogens with zero attached hydrogens (tertiary/aromatic N) is 2. The molecule has 86 valence electrons. The van der Waals surface area contributed by atoms with Gasteiger partial charge >= 0.3 is 0 Å². The fraction of sp³-hybridized carbons (Fsp3) is 0.800. The van der Waals surface area contributed by atoms with Crippen molar-refractivity contribution in [1.29, 1.82) is 0 Å². The minimum absolute atomic E-state index is 0.107. The fourth-order valence-corrected chi connectivity index (χ4v) is 1.55. The van der Waals surface area contributed by atoms with Crippen molar-refractivity contribution in [2.45, 2.75) is 38.6 Å². The quantitative estimate of drug-likeness (QED) is 0.856. The van der Waals surface area contributed by atoms with E-state index < -0.39 is 0 Å². The lowest BCUT2D eigenvalue weighted by atomic mass is 9.97. The third-order valence-electron chi connectivity index (χ3n) is 2.03. The summed E-state index contributed by atoms with van der Waals surface area (Å²) in [6.45, 7) is 6.12. The highest BCUT2D eigenvalue weighted by molar-refractivity contribution is 7.98. The molecule has 0 spiro atoms. The van der Waals surface area contributed by atoms with Gasteiger partial charge in [-0.05, 0) is 18.4 Å². The molecule has 0 radical (unpaired) electrons. The Balaban J connectivity index is 2.67. The average Bonchev–Trinajstić information content (AvgIpc) is 2.62. The van der Waals surface area contributed by atoms with Gasteiger partial charge in [0.15, 0.2) is 0 Å². The lowest BCUT2D eigenvalue weighted by molar-refractivity contribution is 0.355. The van der Waals surface area contributed by atoms with E-state index in [1.807, 2.05) is 20.8 Å². The number of hydrogen-bond acceptors (Lipinski definition) is 5. The summed E-state index contributed by atoms with van der Waals surface area (Å²) in [6, 6.07) is -0.138. The van der Waals surface area contributed by atoms with Gasteiger partial charge in [0.2, 0.25) is 11.8 Å². The zero-order valence-electron chi connectivity index (χ0n) is 9.78. The molecule has 2 N–H and O–H groups in total. The second kappa shape index (κ2) is 4.99. The number of hydrogen-bond donors (Lipinski definition) is 1. The van der Waals surface area contributed by atoms with Crippen molar-refractivity contribution in [2.24, 2.45) is 5.73 Å². The highest BCUT2D eigenvalue weighted by atomic mass is 32.2. The van der Waals surface area contributed by atoms with Gasteiger partial charge in [-0.1, -0.05) is 20.8 Å². The molecule has 1 atom stereocenters. The molecule has 0 saturated heterocycles. The molecule has 0 aliphatic heterocycles. The van der Waals surface area contributed by atoms with E-state index in [4.69, 9.17) is 10.2 Å². The van der Waals surface area contributed by atoms with Crippen molar-refractivity contribution in [3.63, 3.8) is 0 Å². The molecule has 0 bridgehead atoms. The standard InChI is InChI=1S/C10H19N3OS/c1-10(2,3)9-13-12-8(14-9)7(11)5-6-15-4/h7H,5-6,11H2,1-4H3/t7-/m1/s1. The van der Waals surface area contributed by atoms with E-state index in [1.54, 1.807) is 11.8 Å². The molecule has 5 heteroatoms. The molecule has 4 nitrogen and oxygen atoms in total. The molecule has 0 aromatic carbocycles. The van der Waals surface area contributed by atoms with E-state index in [-0.39, 0.29) is 11.5 Å². The Morgan fingerprint density at radius 3 is 2.53 bits per heavy atom. The number of rotatable bonds is 4. The second-order valence-electron chi connectivity index (χ2n) is 4.58. The van der Waals surface area contributed by atoms with Crippen molar-refractivity contribution in [1.82, 2.24) is 10.2 Å². The Morgan fingerprint density at radius 1 is 1.40 bits per heavy atom. The highest BCUT2D eigenvalue weighted by Gasteiger charge is 2.23. The monoisotopic (exact) mass is 229 g/mol. The maximum absolute atomic E-state index is 5.93. The zero-order valence-corrected chi connectivity index (χ0v) is 10.6. The van der Waals surface area contributed by atoms with Crippen LogP contribution in [0.4, 0.5) is 0 Å². The van der Waals surface area contributed by atoms with Crippen LogP contribution >= 0.6 is 11.8 Å². The molecule has 1 heterocycles. The first kappa shape index (κ1) is 12.5. The van der Waals surface area contributed by atoms with Gasteiger partial charge in [-0.3, -0.25) is 0 Å². The largest absolute Gasteiger partial charge is 0.423 e. The van der Waals surface area contributed by atoms with Gasteiger partial charge in [-0.25, -0.2) is 0 Å². The molecule has 0 aliphatic rings. The lowest BCUT2D eigenvalue weighted by Gasteiger charge is -2.11. The minimum Gasteiger partial charge on any atom is -0.423 e. The molecule has 0 amide bonds. The van der Waals surface area contributed by atoms with Crippen LogP contribution in [0.2, 0.25) is 0 Å². The van der Waals surface area contributed by atoms with Crippen molar-refractivity contribution in [3.8, 4) is 0 Å². The fourth-order valence-electron chi connectivity index (χ4n) is 1.06. The van der Waals surface area contributed by atoms with E-state index in [1.165, 1.54) is 0 Å². The lowest BCUT2D eigenvalue weighted by Crippen LogP contribution is -2.12.